The van der Waals surface area contributed by atoms with Gasteiger partial charge in [-0.25, -0.2) is 9.97 Å². The van der Waals surface area contributed by atoms with Gasteiger partial charge in [0.2, 0.25) is 0 Å². The van der Waals surface area contributed by atoms with Crippen molar-refractivity contribution in [3.63, 3.8) is 0 Å². The summed E-state index contributed by atoms with van der Waals surface area (Å²) in [6.07, 6.45) is 5.77. The van der Waals surface area contributed by atoms with E-state index < -0.39 is 0 Å². The Morgan fingerprint density at radius 1 is 1.33 bits per heavy atom. The average Bonchev–Trinajstić information content (AvgIpc) is 3.33. The van der Waals surface area contributed by atoms with Crippen LogP contribution >= 0.6 is 11.3 Å². The van der Waals surface area contributed by atoms with Crippen molar-refractivity contribution < 1.29 is 0 Å². The lowest BCUT2D eigenvalue weighted by Crippen LogP contribution is -2.24. The Balaban J connectivity index is 1.48. The molecule has 0 spiro atoms. The highest BCUT2D eigenvalue weighted by atomic mass is 32.1. The van der Waals surface area contributed by atoms with E-state index in [1.807, 2.05) is 12.3 Å². The van der Waals surface area contributed by atoms with Crippen LogP contribution in [0.2, 0.25) is 0 Å². The van der Waals surface area contributed by atoms with E-state index in [-0.39, 0.29) is 0 Å². The molecule has 1 aliphatic heterocycles. The van der Waals surface area contributed by atoms with Crippen LogP contribution in [-0.2, 0) is 6.54 Å². The zero-order valence-electron chi connectivity index (χ0n) is 15.1. The van der Waals surface area contributed by atoms with Crippen molar-refractivity contribution in [2.45, 2.75) is 32.4 Å². The summed E-state index contributed by atoms with van der Waals surface area (Å²) in [6.45, 7) is 4.02. The monoisotopic (exact) mass is 376 g/mol. The zero-order chi connectivity index (χ0) is 18.6. The van der Waals surface area contributed by atoms with Gasteiger partial charge >= 0.3 is 0 Å². The molecule has 136 valence electrons. The molecule has 3 aromatic rings. The Hall–Kier alpha value is -2.82. The number of hydrogen-bond donors (Lipinski definition) is 1. The van der Waals surface area contributed by atoms with Crippen molar-refractivity contribution >= 4 is 22.3 Å². The van der Waals surface area contributed by atoms with Gasteiger partial charge in [-0.3, -0.25) is 9.88 Å². The second-order valence-electron chi connectivity index (χ2n) is 6.64. The fourth-order valence-corrected chi connectivity index (χ4v) is 4.17. The van der Waals surface area contributed by atoms with Gasteiger partial charge in [0.25, 0.3) is 0 Å². The topological polar surface area (TPSA) is 77.7 Å². The van der Waals surface area contributed by atoms with E-state index in [9.17, 15) is 0 Å². The smallest absolute Gasteiger partial charge is 0.188 e. The number of anilines is 2. The fraction of sp³-hybridized carbons (Fsp3) is 0.300. The Bertz CT molecular complexity index is 976. The van der Waals surface area contributed by atoms with E-state index in [1.165, 1.54) is 12.0 Å². The standard InChI is InChI=1S/C20H20N6S/c1-14-4-2-7-22-16(14)12-26-9-3-5-18(26)17-13-27-20(24-17)25-19-10-15(11-21)6-8-23-19/h2,4,6-8,10,13,18H,3,5,9,12H2,1H3,(H,23,24,25)/t18-/m1/s1. The van der Waals surface area contributed by atoms with Crippen molar-refractivity contribution in [2.24, 2.45) is 0 Å². The number of rotatable bonds is 5. The largest absolute Gasteiger partial charge is 0.316 e. The summed E-state index contributed by atoms with van der Waals surface area (Å²) in [5.74, 6) is 0.641. The summed E-state index contributed by atoms with van der Waals surface area (Å²) < 4.78 is 0. The number of nitriles is 1. The summed E-state index contributed by atoms with van der Waals surface area (Å²) >= 11 is 1.57. The highest BCUT2D eigenvalue weighted by Crippen LogP contribution is 2.35. The zero-order valence-corrected chi connectivity index (χ0v) is 15.9. The first-order valence-electron chi connectivity index (χ1n) is 8.96. The summed E-state index contributed by atoms with van der Waals surface area (Å²) in [6, 6.07) is 9.95. The SMILES string of the molecule is Cc1cccnc1CN1CCC[C@@H]1c1csc(Nc2cc(C#N)ccn2)n1. The first-order valence-corrected chi connectivity index (χ1v) is 9.84. The lowest BCUT2D eigenvalue weighted by molar-refractivity contribution is 0.242. The highest BCUT2D eigenvalue weighted by Gasteiger charge is 2.28. The van der Waals surface area contributed by atoms with Crippen LogP contribution in [0.3, 0.4) is 0 Å². The molecule has 0 saturated carbocycles. The molecule has 0 unspecified atom stereocenters. The molecule has 0 aromatic carbocycles. The number of nitrogens with one attached hydrogen (secondary N) is 1. The molecule has 0 aliphatic carbocycles. The van der Waals surface area contributed by atoms with Crippen molar-refractivity contribution in [1.29, 1.82) is 5.26 Å². The van der Waals surface area contributed by atoms with Crippen molar-refractivity contribution in [2.75, 3.05) is 11.9 Å². The van der Waals surface area contributed by atoms with E-state index >= 15 is 0 Å². The van der Waals surface area contributed by atoms with E-state index in [0.29, 0.717) is 17.4 Å². The van der Waals surface area contributed by atoms with Gasteiger partial charge in [-0.05, 0) is 50.1 Å². The third kappa shape index (κ3) is 3.97. The Morgan fingerprint density at radius 2 is 2.26 bits per heavy atom. The van der Waals surface area contributed by atoms with Crippen molar-refractivity contribution in [1.82, 2.24) is 19.9 Å². The Labute approximate surface area is 162 Å². The van der Waals surface area contributed by atoms with Gasteiger partial charge in [-0.2, -0.15) is 5.26 Å². The van der Waals surface area contributed by atoms with Gasteiger partial charge in [0, 0.05) is 24.3 Å². The quantitative estimate of drug-likeness (QED) is 0.719. The predicted molar refractivity (Wildman–Crippen MR) is 106 cm³/mol. The number of hydrogen-bond acceptors (Lipinski definition) is 7. The van der Waals surface area contributed by atoms with Crippen LogP contribution in [0.25, 0.3) is 0 Å². The number of thiazole rings is 1. The molecular formula is C20H20N6S. The van der Waals surface area contributed by atoms with Gasteiger partial charge in [0.1, 0.15) is 5.82 Å². The lowest BCUT2D eigenvalue weighted by atomic mass is 10.1. The predicted octanol–water partition coefficient (Wildman–Crippen LogP) is 4.19. The Morgan fingerprint density at radius 3 is 3.11 bits per heavy atom. The fourth-order valence-electron chi connectivity index (χ4n) is 3.40. The lowest BCUT2D eigenvalue weighted by Gasteiger charge is -2.23. The first-order chi connectivity index (χ1) is 13.2. The van der Waals surface area contributed by atoms with E-state index in [0.717, 1.165) is 36.0 Å². The molecule has 6 nitrogen and oxygen atoms in total. The minimum Gasteiger partial charge on any atom is -0.316 e. The maximum Gasteiger partial charge on any atom is 0.188 e. The molecule has 1 saturated heterocycles. The van der Waals surface area contributed by atoms with Crippen LogP contribution in [0.5, 0.6) is 0 Å². The molecule has 1 N–H and O–H groups in total. The van der Waals surface area contributed by atoms with Crippen LogP contribution in [-0.4, -0.2) is 26.4 Å². The van der Waals surface area contributed by atoms with Gasteiger partial charge in [0.15, 0.2) is 5.13 Å². The van der Waals surface area contributed by atoms with Crippen LogP contribution in [0, 0.1) is 18.3 Å². The summed E-state index contributed by atoms with van der Waals surface area (Å²) in [7, 11) is 0. The molecular weight excluding hydrogens is 356 g/mol. The van der Waals surface area contributed by atoms with Gasteiger partial charge < -0.3 is 5.32 Å². The molecule has 7 heteroatoms. The van der Waals surface area contributed by atoms with Gasteiger partial charge in [-0.1, -0.05) is 6.07 Å². The van der Waals surface area contributed by atoms with Crippen LogP contribution < -0.4 is 5.32 Å². The molecule has 0 radical (unpaired) electrons. The Kier molecular flexibility index (Phi) is 5.10. The van der Waals surface area contributed by atoms with E-state index in [4.69, 9.17) is 10.2 Å². The highest BCUT2D eigenvalue weighted by molar-refractivity contribution is 7.13. The third-order valence-electron chi connectivity index (χ3n) is 4.82. The maximum atomic E-state index is 9.02. The molecule has 27 heavy (non-hydrogen) atoms. The molecule has 1 aliphatic rings. The summed E-state index contributed by atoms with van der Waals surface area (Å²) in [5.41, 5.74) is 4.03. The molecule has 1 atom stereocenters. The number of pyridine rings is 2. The minimum absolute atomic E-state index is 0.316. The van der Waals surface area contributed by atoms with Gasteiger partial charge in [-0.15, -0.1) is 11.3 Å². The van der Waals surface area contributed by atoms with Crippen molar-refractivity contribution in [3.05, 3.63) is 64.6 Å². The molecule has 1 fully saturated rings. The minimum atomic E-state index is 0.316. The number of likely N-dealkylation sites (tertiary alicyclic amines) is 1. The maximum absolute atomic E-state index is 9.02. The number of aromatic nitrogens is 3. The first kappa shape index (κ1) is 17.6. The van der Waals surface area contributed by atoms with E-state index in [2.05, 4.69) is 44.6 Å². The molecule has 0 bridgehead atoms. The third-order valence-corrected chi connectivity index (χ3v) is 5.60. The van der Waals surface area contributed by atoms with Crippen LogP contribution in [0.15, 0.2) is 42.0 Å². The van der Waals surface area contributed by atoms with Crippen LogP contribution in [0.1, 0.15) is 41.4 Å². The second kappa shape index (κ2) is 7.82. The van der Waals surface area contributed by atoms with Gasteiger partial charge in [0.05, 0.1) is 29.1 Å². The molecule has 0 amide bonds. The number of nitrogens with zero attached hydrogens (tertiary/aromatic N) is 5. The summed E-state index contributed by atoms with van der Waals surface area (Å²) in [5, 5.41) is 15.1. The van der Waals surface area contributed by atoms with Crippen molar-refractivity contribution in [3.8, 4) is 6.07 Å². The molecule has 4 heterocycles. The summed E-state index contributed by atoms with van der Waals surface area (Å²) in [4.78, 5) is 16.0. The molecule has 3 aromatic heterocycles. The second-order valence-corrected chi connectivity index (χ2v) is 7.50. The van der Waals surface area contributed by atoms with E-state index in [1.54, 1.807) is 29.7 Å². The normalized spacial score (nSPS) is 17.0. The average molecular weight is 376 g/mol. The number of aryl methyl sites for hydroxylation is 1. The molecule has 4 rings (SSSR count). The van der Waals surface area contributed by atoms with Crippen LogP contribution in [0.4, 0.5) is 10.9 Å².